The van der Waals surface area contributed by atoms with Gasteiger partial charge in [0.15, 0.2) is 0 Å². The van der Waals surface area contributed by atoms with Gasteiger partial charge in [0, 0.05) is 37.3 Å². The number of pyridine rings is 1. The van der Waals surface area contributed by atoms with E-state index < -0.39 is 0 Å². The van der Waals surface area contributed by atoms with Gasteiger partial charge < -0.3 is 15.5 Å². The molecule has 3 aromatic rings. The standard InChI is InChI=1S/C20H21N5S/c21-16-5-2-1-4-15(16)19-20-17(23-13-26-20)8-11-25(19)14-6-7-18(22-12-14)24-9-3-10-24/h1-2,4-7,12-13,19H,3,8-11,21H2. The van der Waals surface area contributed by atoms with Crippen molar-refractivity contribution in [2.45, 2.75) is 18.9 Å². The molecule has 1 saturated heterocycles. The highest BCUT2D eigenvalue weighted by atomic mass is 32.1. The largest absolute Gasteiger partial charge is 0.398 e. The highest BCUT2D eigenvalue weighted by Crippen LogP contribution is 2.41. The highest BCUT2D eigenvalue weighted by Gasteiger charge is 2.32. The summed E-state index contributed by atoms with van der Waals surface area (Å²) in [7, 11) is 0. The summed E-state index contributed by atoms with van der Waals surface area (Å²) in [4.78, 5) is 15.3. The van der Waals surface area contributed by atoms with Crippen LogP contribution in [0.4, 0.5) is 17.2 Å². The van der Waals surface area contributed by atoms with Gasteiger partial charge in [-0.05, 0) is 24.6 Å². The fraction of sp³-hybridized carbons (Fsp3) is 0.300. The maximum absolute atomic E-state index is 6.34. The van der Waals surface area contributed by atoms with Gasteiger partial charge in [0.25, 0.3) is 0 Å². The number of nitrogen functional groups attached to an aromatic ring is 1. The Labute approximate surface area is 157 Å². The lowest BCUT2D eigenvalue weighted by Crippen LogP contribution is -2.38. The minimum atomic E-state index is 0.101. The monoisotopic (exact) mass is 363 g/mol. The molecule has 2 aliphatic rings. The summed E-state index contributed by atoms with van der Waals surface area (Å²) in [6.07, 6.45) is 4.22. The number of nitrogens with two attached hydrogens (primary N) is 1. The van der Waals surface area contributed by atoms with Crippen LogP contribution in [0.3, 0.4) is 0 Å². The number of nitrogens with zero attached hydrogens (tertiary/aromatic N) is 4. The molecule has 0 saturated carbocycles. The van der Waals surface area contributed by atoms with E-state index in [9.17, 15) is 0 Å². The zero-order valence-electron chi connectivity index (χ0n) is 14.5. The Bertz CT molecular complexity index is 916. The molecule has 0 spiro atoms. The maximum atomic E-state index is 6.34. The van der Waals surface area contributed by atoms with Crippen molar-refractivity contribution < 1.29 is 0 Å². The molecule has 0 radical (unpaired) electrons. The molecule has 1 unspecified atom stereocenters. The lowest BCUT2D eigenvalue weighted by atomic mass is 9.95. The van der Waals surface area contributed by atoms with Crippen molar-refractivity contribution in [1.82, 2.24) is 9.97 Å². The first-order valence-corrected chi connectivity index (χ1v) is 9.93. The first-order chi connectivity index (χ1) is 12.8. The Balaban J connectivity index is 1.55. The van der Waals surface area contributed by atoms with Gasteiger partial charge in [0.05, 0.1) is 34.0 Å². The van der Waals surface area contributed by atoms with E-state index in [0.29, 0.717) is 0 Å². The van der Waals surface area contributed by atoms with Crippen LogP contribution in [-0.2, 0) is 6.42 Å². The van der Waals surface area contributed by atoms with Crippen LogP contribution in [0.15, 0.2) is 48.1 Å². The minimum absolute atomic E-state index is 0.101. The normalized spacial score (nSPS) is 19.2. The quantitative estimate of drug-likeness (QED) is 0.722. The number of fused-ring (bicyclic) bond motifs is 1. The lowest BCUT2D eigenvalue weighted by Gasteiger charge is -2.38. The van der Waals surface area contributed by atoms with Crippen molar-refractivity contribution in [1.29, 1.82) is 0 Å². The third kappa shape index (κ3) is 2.52. The average Bonchev–Trinajstić information content (AvgIpc) is 3.10. The van der Waals surface area contributed by atoms with Gasteiger partial charge in [-0.2, -0.15) is 0 Å². The van der Waals surface area contributed by atoms with Gasteiger partial charge in [-0.3, -0.25) is 0 Å². The van der Waals surface area contributed by atoms with Crippen molar-refractivity contribution in [3.8, 4) is 0 Å². The molecule has 2 aliphatic heterocycles. The fourth-order valence-electron chi connectivity index (χ4n) is 3.81. The molecule has 26 heavy (non-hydrogen) atoms. The van der Waals surface area contributed by atoms with Crippen molar-refractivity contribution in [3.05, 3.63) is 64.2 Å². The lowest BCUT2D eigenvalue weighted by molar-refractivity contribution is 0.609. The zero-order chi connectivity index (χ0) is 17.5. The van der Waals surface area contributed by atoms with Gasteiger partial charge in [-0.1, -0.05) is 18.2 Å². The van der Waals surface area contributed by atoms with Crippen LogP contribution in [0, 0.1) is 0 Å². The predicted molar refractivity (Wildman–Crippen MR) is 107 cm³/mol. The fourth-order valence-corrected chi connectivity index (χ4v) is 4.78. The van der Waals surface area contributed by atoms with Crippen LogP contribution in [-0.4, -0.2) is 29.6 Å². The van der Waals surface area contributed by atoms with Crippen LogP contribution >= 0.6 is 11.3 Å². The highest BCUT2D eigenvalue weighted by molar-refractivity contribution is 7.09. The Morgan fingerprint density at radius 1 is 1.04 bits per heavy atom. The van der Waals surface area contributed by atoms with Gasteiger partial charge >= 0.3 is 0 Å². The molecule has 2 N–H and O–H groups in total. The van der Waals surface area contributed by atoms with E-state index in [1.54, 1.807) is 11.3 Å². The molecule has 0 aliphatic carbocycles. The Morgan fingerprint density at radius 3 is 2.65 bits per heavy atom. The third-order valence-electron chi connectivity index (χ3n) is 5.36. The van der Waals surface area contributed by atoms with Crippen LogP contribution in [0.1, 0.15) is 28.6 Å². The van der Waals surface area contributed by atoms with E-state index in [1.165, 1.54) is 17.0 Å². The van der Waals surface area contributed by atoms with Crippen molar-refractivity contribution in [3.63, 3.8) is 0 Å². The van der Waals surface area contributed by atoms with Crippen molar-refractivity contribution in [2.75, 3.05) is 35.2 Å². The Hall–Kier alpha value is -2.60. The molecular weight excluding hydrogens is 342 g/mol. The maximum Gasteiger partial charge on any atom is 0.128 e. The van der Waals surface area contributed by atoms with Crippen molar-refractivity contribution >= 4 is 28.5 Å². The molecular formula is C20H21N5S. The molecule has 1 atom stereocenters. The smallest absolute Gasteiger partial charge is 0.128 e. The summed E-state index contributed by atoms with van der Waals surface area (Å²) in [6.45, 7) is 3.15. The Morgan fingerprint density at radius 2 is 1.92 bits per heavy atom. The SMILES string of the molecule is Nc1ccccc1C1c2scnc2CCN1c1ccc(N2CCC2)nc1. The second-order valence-electron chi connectivity index (χ2n) is 6.85. The predicted octanol–water partition coefficient (Wildman–Crippen LogP) is 3.48. The minimum Gasteiger partial charge on any atom is -0.398 e. The van der Waals surface area contributed by atoms with Crippen LogP contribution in [0.5, 0.6) is 0 Å². The van der Waals surface area contributed by atoms with Crippen LogP contribution in [0.25, 0.3) is 0 Å². The van der Waals surface area contributed by atoms with E-state index >= 15 is 0 Å². The van der Waals surface area contributed by atoms with E-state index in [4.69, 9.17) is 10.7 Å². The number of aromatic nitrogens is 2. The summed E-state index contributed by atoms with van der Waals surface area (Å²) in [5.41, 5.74) is 12.6. The average molecular weight is 363 g/mol. The van der Waals surface area contributed by atoms with Crippen LogP contribution in [0.2, 0.25) is 0 Å². The number of hydrogen-bond acceptors (Lipinski definition) is 6. The van der Waals surface area contributed by atoms with Gasteiger partial charge in [-0.25, -0.2) is 9.97 Å². The van der Waals surface area contributed by atoms with E-state index in [1.807, 2.05) is 23.8 Å². The summed E-state index contributed by atoms with van der Waals surface area (Å²) in [5, 5.41) is 0. The number of thiazole rings is 1. The molecule has 4 heterocycles. The molecule has 0 bridgehead atoms. The summed E-state index contributed by atoms with van der Waals surface area (Å²) in [6, 6.07) is 12.6. The second-order valence-corrected chi connectivity index (χ2v) is 7.74. The van der Waals surface area contributed by atoms with Gasteiger partial charge in [0.1, 0.15) is 5.82 Å². The second kappa shape index (κ2) is 6.29. The topological polar surface area (TPSA) is 58.3 Å². The zero-order valence-corrected chi connectivity index (χ0v) is 15.3. The molecule has 5 nitrogen and oxygen atoms in total. The molecule has 5 rings (SSSR count). The first-order valence-electron chi connectivity index (χ1n) is 9.05. The van der Waals surface area contributed by atoms with E-state index in [0.717, 1.165) is 48.8 Å². The number of hydrogen-bond donors (Lipinski definition) is 1. The molecule has 2 aromatic heterocycles. The number of rotatable bonds is 3. The third-order valence-corrected chi connectivity index (χ3v) is 6.28. The first kappa shape index (κ1) is 15.6. The summed E-state index contributed by atoms with van der Waals surface area (Å²) >= 11 is 1.72. The molecule has 6 heteroatoms. The summed E-state index contributed by atoms with van der Waals surface area (Å²) in [5.74, 6) is 1.08. The summed E-state index contributed by atoms with van der Waals surface area (Å²) < 4.78 is 0. The van der Waals surface area contributed by atoms with Gasteiger partial charge in [-0.15, -0.1) is 11.3 Å². The number of benzene rings is 1. The molecule has 0 amide bonds. The molecule has 1 aromatic carbocycles. The van der Waals surface area contributed by atoms with E-state index in [-0.39, 0.29) is 6.04 Å². The van der Waals surface area contributed by atoms with Crippen LogP contribution < -0.4 is 15.5 Å². The van der Waals surface area contributed by atoms with E-state index in [2.05, 4.69) is 39.0 Å². The number of anilines is 3. The van der Waals surface area contributed by atoms with Gasteiger partial charge in [0.2, 0.25) is 0 Å². The molecule has 132 valence electrons. The number of para-hydroxylation sites is 1. The molecule has 1 fully saturated rings. The van der Waals surface area contributed by atoms with Crippen molar-refractivity contribution in [2.24, 2.45) is 0 Å². The Kier molecular flexibility index (Phi) is 3.78.